The quantitative estimate of drug-likeness (QED) is 0.513. The highest BCUT2D eigenvalue weighted by molar-refractivity contribution is 5.99. The normalized spacial score (nSPS) is 12.1. The molecule has 8 heteroatoms. The molecule has 0 saturated carbocycles. The van der Waals surface area contributed by atoms with Crippen LogP contribution in [0.25, 0.3) is 0 Å². The number of rotatable bonds is 4. The van der Waals surface area contributed by atoms with Crippen molar-refractivity contribution in [3.8, 4) is 0 Å². The summed E-state index contributed by atoms with van der Waals surface area (Å²) in [5, 5.41) is 14.5. The van der Waals surface area contributed by atoms with Crippen molar-refractivity contribution >= 4 is 17.1 Å². The minimum absolute atomic E-state index is 0.0610. The number of hydrogen-bond donors (Lipinski definition) is 1. The SMILES string of the molecule is C/C(=N\Nc1ccc([N+](=O)[O-])cc1)c1cccc(C(F)(F)F)c1. The first-order chi connectivity index (χ1) is 10.8. The average molecular weight is 323 g/mol. The van der Waals surface area contributed by atoms with Crippen LogP contribution in [0.5, 0.6) is 0 Å². The number of nitrogens with one attached hydrogen (secondary N) is 1. The number of nitrogens with zero attached hydrogens (tertiary/aromatic N) is 2. The molecule has 0 radical (unpaired) electrons. The summed E-state index contributed by atoms with van der Waals surface area (Å²) in [6, 6.07) is 10.3. The van der Waals surface area contributed by atoms with Crippen LogP contribution < -0.4 is 5.43 Å². The molecule has 0 atom stereocenters. The second-order valence-electron chi connectivity index (χ2n) is 4.69. The van der Waals surface area contributed by atoms with Gasteiger partial charge in [-0.2, -0.15) is 18.3 Å². The summed E-state index contributed by atoms with van der Waals surface area (Å²) in [5.74, 6) is 0. The highest BCUT2D eigenvalue weighted by Crippen LogP contribution is 2.29. The number of halogens is 3. The van der Waals surface area contributed by atoms with E-state index in [1.165, 1.54) is 36.4 Å². The third kappa shape index (κ3) is 4.29. The summed E-state index contributed by atoms with van der Waals surface area (Å²) < 4.78 is 38.0. The van der Waals surface area contributed by atoms with Crippen molar-refractivity contribution in [1.29, 1.82) is 0 Å². The Hall–Kier alpha value is -2.90. The van der Waals surface area contributed by atoms with Gasteiger partial charge in [-0.05, 0) is 36.8 Å². The Kier molecular flexibility index (Phi) is 4.63. The van der Waals surface area contributed by atoms with E-state index in [4.69, 9.17) is 0 Å². The molecule has 0 aliphatic heterocycles. The van der Waals surface area contributed by atoms with E-state index in [0.717, 1.165) is 12.1 Å². The van der Waals surface area contributed by atoms with Crippen molar-refractivity contribution < 1.29 is 18.1 Å². The van der Waals surface area contributed by atoms with Gasteiger partial charge in [-0.25, -0.2) is 0 Å². The number of anilines is 1. The maximum absolute atomic E-state index is 12.7. The molecular formula is C15H12F3N3O2. The smallest absolute Gasteiger partial charge is 0.278 e. The van der Waals surface area contributed by atoms with Gasteiger partial charge in [-0.3, -0.25) is 15.5 Å². The molecule has 0 amide bonds. The lowest BCUT2D eigenvalue weighted by Gasteiger charge is -2.09. The first-order valence-corrected chi connectivity index (χ1v) is 6.50. The summed E-state index contributed by atoms with van der Waals surface area (Å²) in [6.45, 7) is 1.56. The third-order valence-corrected chi connectivity index (χ3v) is 3.04. The van der Waals surface area contributed by atoms with Gasteiger partial charge >= 0.3 is 6.18 Å². The molecule has 5 nitrogen and oxygen atoms in total. The van der Waals surface area contributed by atoms with Gasteiger partial charge in [0.05, 0.1) is 21.9 Å². The van der Waals surface area contributed by atoms with Crippen LogP contribution in [0.2, 0.25) is 0 Å². The molecule has 0 aliphatic carbocycles. The maximum atomic E-state index is 12.7. The van der Waals surface area contributed by atoms with Gasteiger partial charge in [0.1, 0.15) is 0 Å². The molecule has 120 valence electrons. The van der Waals surface area contributed by atoms with E-state index in [1.54, 1.807) is 6.92 Å². The van der Waals surface area contributed by atoms with Crippen LogP contribution in [0.3, 0.4) is 0 Å². The predicted molar refractivity (Wildman–Crippen MR) is 80.4 cm³/mol. The van der Waals surface area contributed by atoms with Gasteiger partial charge in [-0.1, -0.05) is 12.1 Å². The fourth-order valence-electron chi connectivity index (χ4n) is 1.79. The summed E-state index contributed by atoms with van der Waals surface area (Å²) in [5.41, 5.74) is 3.01. The van der Waals surface area contributed by atoms with E-state index >= 15 is 0 Å². The monoisotopic (exact) mass is 323 g/mol. The van der Waals surface area contributed by atoms with Gasteiger partial charge in [0.15, 0.2) is 0 Å². The van der Waals surface area contributed by atoms with E-state index in [2.05, 4.69) is 10.5 Å². The van der Waals surface area contributed by atoms with Crippen LogP contribution in [0.15, 0.2) is 53.6 Å². The fraction of sp³-hybridized carbons (Fsp3) is 0.133. The number of benzene rings is 2. The molecule has 0 heterocycles. The molecule has 2 aromatic rings. The molecule has 0 saturated heterocycles. The zero-order valence-electron chi connectivity index (χ0n) is 12.0. The van der Waals surface area contributed by atoms with Crippen LogP contribution in [0.4, 0.5) is 24.5 Å². The van der Waals surface area contributed by atoms with Crippen molar-refractivity contribution in [3.63, 3.8) is 0 Å². The average Bonchev–Trinajstić information content (AvgIpc) is 2.52. The van der Waals surface area contributed by atoms with Crippen molar-refractivity contribution in [2.75, 3.05) is 5.43 Å². The predicted octanol–water partition coefficient (Wildman–Crippen LogP) is 4.45. The molecular weight excluding hydrogens is 311 g/mol. The van der Waals surface area contributed by atoms with Gasteiger partial charge in [-0.15, -0.1) is 0 Å². The van der Waals surface area contributed by atoms with Crippen molar-refractivity contribution in [1.82, 2.24) is 0 Å². The Morgan fingerprint density at radius 2 is 1.83 bits per heavy atom. The molecule has 0 aromatic heterocycles. The maximum Gasteiger partial charge on any atom is 0.416 e. The first-order valence-electron chi connectivity index (χ1n) is 6.50. The van der Waals surface area contributed by atoms with Crippen molar-refractivity contribution in [2.24, 2.45) is 5.10 Å². The van der Waals surface area contributed by atoms with E-state index in [0.29, 0.717) is 17.0 Å². The number of hydrazone groups is 1. The zero-order valence-corrected chi connectivity index (χ0v) is 12.0. The number of hydrogen-bond acceptors (Lipinski definition) is 4. The molecule has 1 N–H and O–H groups in total. The van der Waals surface area contributed by atoms with Crippen LogP contribution in [0, 0.1) is 10.1 Å². The van der Waals surface area contributed by atoms with E-state index < -0.39 is 16.7 Å². The second kappa shape index (κ2) is 6.47. The summed E-state index contributed by atoms with van der Waals surface area (Å²) in [7, 11) is 0. The number of non-ortho nitro benzene ring substituents is 1. The molecule has 0 unspecified atom stereocenters. The van der Waals surface area contributed by atoms with Gasteiger partial charge in [0, 0.05) is 12.1 Å². The highest BCUT2D eigenvalue weighted by atomic mass is 19.4. The minimum Gasteiger partial charge on any atom is -0.278 e. The highest BCUT2D eigenvalue weighted by Gasteiger charge is 2.30. The summed E-state index contributed by atoms with van der Waals surface area (Å²) in [6.07, 6.45) is -4.41. The molecule has 2 rings (SSSR count). The first kappa shape index (κ1) is 16.5. The van der Waals surface area contributed by atoms with E-state index in [-0.39, 0.29) is 5.69 Å². The topological polar surface area (TPSA) is 67.5 Å². The number of nitro benzene ring substituents is 1. The fourth-order valence-corrected chi connectivity index (χ4v) is 1.79. The summed E-state index contributed by atoms with van der Waals surface area (Å²) >= 11 is 0. The lowest BCUT2D eigenvalue weighted by molar-refractivity contribution is -0.384. The van der Waals surface area contributed by atoms with Crippen LogP contribution in [-0.2, 0) is 6.18 Å². The Morgan fingerprint density at radius 3 is 2.39 bits per heavy atom. The van der Waals surface area contributed by atoms with Crippen molar-refractivity contribution in [3.05, 3.63) is 69.8 Å². The molecule has 0 fully saturated rings. The molecule has 0 spiro atoms. The standard InChI is InChI=1S/C15H12F3N3O2/c1-10(11-3-2-4-12(9-11)15(16,17)18)19-20-13-5-7-14(8-6-13)21(22)23/h2-9,20H,1H3/b19-10+. The van der Waals surface area contributed by atoms with Crippen molar-refractivity contribution in [2.45, 2.75) is 13.1 Å². The van der Waals surface area contributed by atoms with Crippen LogP contribution in [0.1, 0.15) is 18.1 Å². The Morgan fingerprint density at radius 1 is 1.17 bits per heavy atom. The number of nitro groups is 1. The van der Waals surface area contributed by atoms with Gasteiger partial charge in [0.2, 0.25) is 0 Å². The Labute approximate surface area is 129 Å². The zero-order chi connectivity index (χ0) is 17.0. The molecule has 0 bridgehead atoms. The lowest BCUT2D eigenvalue weighted by atomic mass is 10.1. The lowest BCUT2D eigenvalue weighted by Crippen LogP contribution is -2.07. The molecule has 23 heavy (non-hydrogen) atoms. The van der Waals surface area contributed by atoms with Gasteiger partial charge in [0.25, 0.3) is 5.69 Å². The third-order valence-electron chi connectivity index (χ3n) is 3.04. The Bertz CT molecular complexity index is 740. The van der Waals surface area contributed by atoms with E-state index in [1.807, 2.05) is 0 Å². The van der Waals surface area contributed by atoms with Gasteiger partial charge < -0.3 is 0 Å². The second-order valence-corrected chi connectivity index (χ2v) is 4.69. The van der Waals surface area contributed by atoms with Crippen LogP contribution in [-0.4, -0.2) is 10.6 Å². The summed E-state index contributed by atoms with van der Waals surface area (Å²) in [4.78, 5) is 10.0. The minimum atomic E-state index is -4.41. The molecule has 2 aromatic carbocycles. The Balaban J connectivity index is 2.15. The number of alkyl halides is 3. The molecule has 0 aliphatic rings. The van der Waals surface area contributed by atoms with Crippen LogP contribution >= 0.6 is 0 Å². The van der Waals surface area contributed by atoms with E-state index in [9.17, 15) is 23.3 Å². The largest absolute Gasteiger partial charge is 0.416 e.